The van der Waals surface area contributed by atoms with Gasteiger partial charge in [-0.2, -0.15) is 0 Å². The highest BCUT2D eigenvalue weighted by molar-refractivity contribution is 5.79. The minimum absolute atomic E-state index is 0.485. The molecular formula is C22H38N4O3. The first-order chi connectivity index (χ1) is 14.1. The third kappa shape index (κ3) is 8.60. The molecule has 7 heteroatoms. The Morgan fingerprint density at radius 2 is 1.97 bits per heavy atom. The van der Waals surface area contributed by atoms with Gasteiger partial charge in [0, 0.05) is 44.8 Å². The first-order valence-corrected chi connectivity index (χ1v) is 10.6. The van der Waals surface area contributed by atoms with Crippen molar-refractivity contribution in [3.8, 4) is 5.75 Å². The summed E-state index contributed by atoms with van der Waals surface area (Å²) in [6.45, 7) is 10.9. The molecule has 0 radical (unpaired) electrons. The highest BCUT2D eigenvalue weighted by atomic mass is 16.5. The number of methoxy groups -OCH3 is 1. The molecule has 0 spiro atoms. The Labute approximate surface area is 175 Å². The number of ether oxygens (including phenoxy) is 3. The molecule has 1 unspecified atom stereocenters. The molecule has 1 aliphatic rings. The molecule has 1 saturated heterocycles. The van der Waals surface area contributed by atoms with Crippen LogP contribution in [0.4, 0.5) is 0 Å². The molecule has 0 aromatic heterocycles. The summed E-state index contributed by atoms with van der Waals surface area (Å²) in [4.78, 5) is 6.87. The summed E-state index contributed by atoms with van der Waals surface area (Å²) in [5.41, 5.74) is 1.06. The van der Waals surface area contributed by atoms with Gasteiger partial charge in [0.05, 0.1) is 33.5 Å². The molecule has 0 aliphatic carbocycles. The zero-order valence-electron chi connectivity index (χ0n) is 18.4. The van der Waals surface area contributed by atoms with Gasteiger partial charge in [-0.15, -0.1) is 0 Å². The Kier molecular flexibility index (Phi) is 10.8. The molecule has 1 aromatic carbocycles. The maximum absolute atomic E-state index is 5.78. The molecule has 1 heterocycles. The Morgan fingerprint density at radius 1 is 1.21 bits per heavy atom. The van der Waals surface area contributed by atoms with E-state index in [-0.39, 0.29) is 0 Å². The quantitative estimate of drug-likeness (QED) is 0.333. The number of para-hydroxylation sites is 1. The third-order valence-electron chi connectivity index (χ3n) is 5.02. The summed E-state index contributed by atoms with van der Waals surface area (Å²) >= 11 is 0. The summed E-state index contributed by atoms with van der Waals surface area (Å²) < 4.78 is 16.6. The minimum atomic E-state index is 0.485. The van der Waals surface area contributed by atoms with Crippen LogP contribution in [0.15, 0.2) is 29.3 Å². The van der Waals surface area contributed by atoms with E-state index in [2.05, 4.69) is 34.4 Å². The van der Waals surface area contributed by atoms with Crippen LogP contribution < -0.4 is 15.4 Å². The summed E-state index contributed by atoms with van der Waals surface area (Å²) in [6, 6.07) is 8.41. The molecule has 1 aromatic rings. The Morgan fingerprint density at radius 3 is 2.66 bits per heavy atom. The van der Waals surface area contributed by atoms with Crippen LogP contribution in [0.5, 0.6) is 5.75 Å². The van der Waals surface area contributed by atoms with Crippen molar-refractivity contribution in [2.75, 3.05) is 60.2 Å². The van der Waals surface area contributed by atoms with E-state index >= 15 is 0 Å². The maximum Gasteiger partial charge on any atom is 0.191 e. The molecule has 0 amide bonds. The second-order valence-electron chi connectivity index (χ2n) is 7.68. The average molecular weight is 407 g/mol. The third-order valence-corrected chi connectivity index (χ3v) is 5.02. The van der Waals surface area contributed by atoms with E-state index in [1.54, 1.807) is 14.2 Å². The maximum atomic E-state index is 5.78. The molecule has 7 nitrogen and oxygen atoms in total. The number of morpholine rings is 1. The predicted octanol–water partition coefficient (Wildman–Crippen LogP) is 2.12. The van der Waals surface area contributed by atoms with Crippen molar-refractivity contribution < 1.29 is 14.2 Å². The van der Waals surface area contributed by atoms with Crippen molar-refractivity contribution in [2.24, 2.45) is 10.9 Å². The lowest BCUT2D eigenvalue weighted by Crippen LogP contribution is -2.51. The second-order valence-corrected chi connectivity index (χ2v) is 7.68. The average Bonchev–Trinajstić information content (AvgIpc) is 2.75. The van der Waals surface area contributed by atoms with Gasteiger partial charge < -0.3 is 24.8 Å². The lowest BCUT2D eigenvalue weighted by molar-refractivity contribution is 0.0132. The number of aliphatic imine (C=N–C) groups is 1. The fourth-order valence-electron chi connectivity index (χ4n) is 3.53. The van der Waals surface area contributed by atoms with E-state index < -0.39 is 0 Å². The minimum Gasteiger partial charge on any atom is -0.496 e. The molecule has 1 fully saturated rings. The van der Waals surface area contributed by atoms with Crippen LogP contribution in [-0.2, 0) is 16.1 Å². The molecule has 2 rings (SSSR count). The number of guanidine groups is 1. The lowest BCUT2D eigenvalue weighted by Gasteiger charge is -2.35. The summed E-state index contributed by atoms with van der Waals surface area (Å²) in [7, 11) is 3.48. The van der Waals surface area contributed by atoms with E-state index in [1.807, 2.05) is 24.3 Å². The zero-order valence-corrected chi connectivity index (χ0v) is 18.4. The number of rotatable bonds is 11. The van der Waals surface area contributed by atoms with Gasteiger partial charge in [-0.25, -0.2) is 0 Å². The van der Waals surface area contributed by atoms with Gasteiger partial charge in [0.25, 0.3) is 0 Å². The van der Waals surface area contributed by atoms with Crippen molar-refractivity contribution in [2.45, 2.75) is 32.9 Å². The predicted molar refractivity (Wildman–Crippen MR) is 118 cm³/mol. The van der Waals surface area contributed by atoms with Crippen LogP contribution in [0.1, 0.15) is 25.8 Å². The van der Waals surface area contributed by atoms with E-state index in [1.165, 1.54) is 0 Å². The Bertz CT molecular complexity index is 603. The van der Waals surface area contributed by atoms with E-state index in [0.29, 0.717) is 31.7 Å². The standard InChI is InChI=1S/C22H38N4O3/c1-18(2)15-20(26-10-13-28-14-11-26)16-25-22(23-3)24-9-12-29-17-19-7-5-6-8-21(19)27-4/h5-8,18,20H,9-17H2,1-4H3,(H2,23,24,25). The fraction of sp³-hybridized carbons (Fsp3) is 0.682. The van der Waals surface area contributed by atoms with Gasteiger partial charge in [-0.3, -0.25) is 9.89 Å². The van der Waals surface area contributed by atoms with Gasteiger partial charge in [0.2, 0.25) is 0 Å². The van der Waals surface area contributed by atoms with Gasteiger partial charge in [0.15, 0.2) is 5.96 Å². The number of hydrogen-bond acceptors (Lipinski definition) is 5. The molecule has 0 bridgehead atoms. The van der Waals surface area contributed by atoms with Crippen molar-refractivity contribution >= 4 is 5.96 Å². The molecule has 0 saturated carbocycles. The van der Waals surface area contributed by atoms with Crippen LogP contribution >= 0.6 is 0 Å². The largest absolute Gasteiger partial charge is 0.496 e. The van der Waals surface area contributed by atoms with E-state index in [0.717, 1.165) is 56.5 Å². The Hall–Kier alpha value is -1.83. The van der Waals surface area contributed by atoms with Crippen LogP contribution in [0, 0.1) is 5.92 Å². The fourth-order valence-corrected chi connectivity index (χ4v) is 3.53. The van der Waals surface area contributed by atoms with Crippen molar-refractivity contribution in [3.05, 3.63) is 29.8 Å². The Balaban J connectivity index is 1.70. The number of nitrogens with zero attached hydrogens (tertiary/aromatic N) is 2. The smallest absolute Gasteiger partial charge is 0.191 e. The van der Waals surface area contributed by atoms with Gasteiger partial charge in [0.1, 0.15) is 5.75 Å². The molecule has 164 valence electrons. The zero-order chi connectivity index (χ0) is 20.9. The molecule has 2 N–H and O–H groups in total. The lowest BCUT2D eigenvalue weighted by atomic mass is 10.0. The second kappa shape index (κ2) is 13.4. The molecule has 1 aliphatic heterocycles. The number of benzene rings is 1. The van der Waals surface area contributed by atoms with E-state index in [9.17, 15) is 0 Å². The van der Waals surface area contributed by atoms with Crippen molar-refractivity contribution in [1.82, 2.24) is 15.5 Å². The van der Waals surface area contributed by atoms with Crippen molar-refractivity contribution in [3.63, 3.8) is 0 Å². The number of nitrogens with one attached hydrogen (secondary N) is 2. The topological polar surface area (TPSA) is 67.4 Å². The first kappa shape index (κ1) is 23.4. The highest BCUT2D eigenvalue weighted by Crippen LogP contribution is 2.17. The van der Waals surface area contributed by atoms with Gasteiger partial charge in [-0.1, -0.05) is 32.0 Å². The summed E-state index contributed by atoms with van der Waals surface area (Å²) in [5.74, 6) is 2.33. The van der Waals surface area contributed by atoms with Gasteiger partial charge in [-0.05, 0) is 18.4 Å². The van der Waals surface area contributed by atoms with E-state index in [4.69, 9.17) is 14.2 Å². The number of hydrogen-bond donors (Lipinski definition) is 2. The van der Waals surface area contributed by atoms with Crippen LogP contribution in [-0.4, -0.2) is 77.1 Å². The molecule has 29 heavy (non-hydrogen) atoms. The van der Waals surface area contributed by atoms with Crippen LogP contribution in [0.3, 0.4) is 0 Å². The summed E-state index contributed by atoms with van der Waals surface area (Å²) in [6.07, 6.45) is 1.16. The van der Waals surface area contributed by atoms with Gasteiger partial charge >= 0.3 is 0 Å². The summed E-state index contributed by atoms with van der Waals surface area (Å²) in [5, 5.41) is 6.82. The molecular weight excluding hydrogens is 368 g/mol. The monoisotopic (exact) mass is 406 g/mol. The van der Waals surface area contributed by atoms with Crippen LogP contribution in [0.25, 0.3) is 0 Å². The molecule has 1 atom stereocenters. The SMILES string of the molecule is CN=C(NCCOCc1ccccc1OC)NCC(CC(C)C)N1CCOCC1. The van der Waals surface area contributed by atoms with Crippen molar-refractivity contribution in [1.29, 1.82) is 0 Å². The highest BCUT2D eigenvalue weighted by Gasteiger charge is 2.22. The normalized spacial score (nSPS) is 16.7. The first-order valence-electron chi connectivity index (χ1n) is 10.6. The van der Waals surface area contributed by atoms with Crippen LogP contribution in [0.2, 0.25) is 0 Å².